The number of nitriles is 1. The summed E-state index contributed by atoms with van der Waals surface area (Å²) in [7, 11) is 0. The number of nitrogens with two attached hydrogens (primary N) is 1. The molecule has 0 aliphatic heterocycles. The molecule has 3 nitrogen and oxygen atoms in total. The van der Waals surface area contributed by atoms with E-state index in [1.165, 1.54) is 0 Å². The predicted octanol–water partition coefficient (Wildman–Crippen LogP) is 4.39. The summed E-state index contributed by atoms with van der Waals surface area (Å²) in [6.45, 7) is 1.96. The van der Waals surface area contributed by atoms with Gasteiger partial charge in [0.2, 0.25) is 0 Å². The number of rotatable bonds is 2. The summed E-state index contributed by atoms with van der Waals surface area (Å²) in [5.41, 5.74) is 8.20. The van der Waals surface area contributed by atoms with Crippen LogP contribution in [0.3, 0.4) is 0 Å². The number of hydrogen-bond acceptors (Lipinski definition) is 3. The van der Waals surface area contributed by atoms with Crippen molar-refractivity contribution in [2.75, 3.05) is 5.73 Å². The largest absolute Gasteiger partial charge is 0.454 e. The molecular formula is C18H14N2O. The Hall–Kier alpha value is -2.99. The third-order valence-electron chi connectivity index (χ3n) is 3.46. The molecule has 0 heterocycles. The zero-order valence-electron chi connectivity index (χ0n) is 11.6. The van der Waals surface area contributed by atoms with Crippen LogP contribution in [0.5, 0.6) is 11.5 Å². The number of hydrogen-bond donors (Lipinski definition) is 1. The summed E-state index contributed by atoms with van der Waals surface area (Å²) in [5.74, 6) is 1.36. The van der Waals surface area contributed by atoms with Crippen molar-refractivity contribution in [1.29, 1.82) is 5.26 Å². The van der Waals surface area contributed by atoms with Gasteiger partial charge in [0.15, 0.2) is 5.75 Å². The van der Waals surface area contributed by atoms with Gasteiger partial charge < -0.3 is 10.5 Å². The second-order valence-electron chi connectivity index (χ2n) is 4.86. The summed E-state index contributed by atoms with van der Waals surface area (Å²) in [6, 6.07) is 19.2. The maximum absolute atomic E-state index is 9.19. The van der Waals surface area contributed by atoms with Gasteiger partial charge in [0.1, 0.15) is 5.75 Å². The van der Waals surface area contributed by atoms with Gasteiger partial charge in [-0.3, -0.25) is 0 Å². The minimum Gasteiger partial charge on any atom is -0.454 e. The van der Waals surface area contributed by atoms with Crippen molar-refractivity contribution in [3.63, 3.8) is 0 Å². The van der Waals surface area contributed by atoms with Crippen molar-refractivity contribution in [1.82, 2.24) is 0 Å². The fourth-order valence-electron chi connectivity index (χ4n) is 2.38. The van der Waals surface area contributed by atoms with E-state index in [0.717, 1.165) is 16.3 Å². The minimum atomic E-state index is 0.600. The molecule has 0 fully saturated rings. The molecule has 102 valence electrons. The van der Waals surface area contributed by atoms with Crippen molar-refractivity contribution in [3.05, 3.63) is 65.7 Å². The maximum Gasteiger partial charge on any atom is 0.153 e. The monoisotopic (exact) mass is 274 g/mol. The van der Waals surface area contributed by atoms with Gasteiger partial charge in [0.25, 0.3) is 0 Å². The fourth-order valence-corrected chi connectivity index (χ4v) is 2.38. The van der Waals surface area contributed by atoms with Crippen LogP contribution in [0.25, 0.3) is 10.8 Å². The molecule has 21 heavy (non-hydrogen) atoms. The average molecular weight is 274 g/mol. The van der Waals surface area contributed by atoms with Crippen LogP contribution in [-0.4, -0.2) is 0 Å². The predicted molar refractivity (Wildman–Crippen MR) is 84.3 cm³/mol. The molecule has 0 spiro atoms. The molecule has 3 aromatic rings. The Balaban J connectivity index is 2.17. The first kappa shape index (κ1) is 13.0. The van der Waals surface area contributed by atoms with Crippen molar-refractivity contribution >= 4 is 16.5 Å². The highest BCUT2D eigenvalue weighted by Gasteiger charge is 2.10. The van der Waals surface area contributed by atoms with E-state index in [4.69, 9.17) is 10.5 Å². The Morgan fingerprint density at radius 2 is 1.71 bits per heavy atom. The van der Waals surface area contributed by atoms with Crippen LogP contribution >= 0.6 is 0 Å². The molecule has 3 aromatic carbocycles. The SMILES string of the molecule is Cc1cccc(N)c1Oc1ccc(C#N)c2ccccc12. The second-order valence-corrected chi connectivity index (χ2v) is 4.86. The van der Waals surface area contributed by atoms with Crippen LogP contribution in [0.15, 0.2) is 54.6 Å². The number of anilines is 1. The van der Waals surface area contributed by atoms with Gasteiger partial charge in [-0.1, -0.05) is 36.4 Å². The lowest BCUT2D eigenvalue weighted by molar-refractivity contribution is 0.487. The number of nitrogens with zero attached hydrogens (tertiary/aromatic N) is 1. The molecule has 0 bridgehead atoms. The summed E-state index contributed by atoms with van der Waals surface area (Å²) < 4.78 is 6.02. The molecule has 0 saturated heterocycles. The van der Waals surface area contributed by atoms with Crippen LogP contribution < -0.4 is 10.5 Å². The Labute approximate surface area is 123 Å². The van der Waals surface area contributed by atoms with Gasteiger partial charge in [-0.05, 0) is 30.7 Å². The van der Waals surface area contributed by atoms with Gasteiger partial charge in [-0.15, -0.1) is 0 Å². The van der Waals surface area contributed by atoms with Crippen LogP contribution in [0, 0.1) is 18.3 Å². The number of aryl methyl sites for hydroxylation is 1. The number of fused-ring (bicyclic) bond motifs is 1. The van der Waals surface area contributed by atoms with Crippen LogP contribution in [0.2, 0.25) is 0 Å². The normalized spacial score (nSPS) is 10.3. The molecule has 3 rings (SSSR count). The first-order valence-electron chi connectivity index (χ1n) is 6.65. The molecule has 0 saturated carbocycles. The lowest BCUT2D eigenvalue weighted by atomic mass is 10.0. The number of ether oxygens (including phenoxy) is 1. The molecule has 0 radical (unpaired) electrons. The van der Waals surface area contributed by atoms with Crippen LogP contribution in [0.1, 0.15) is 11.1 Å². The molecule has 0 aliphatic rings. The molecule has 3 heteroatoms. The first-order chi connectivity index (χ1) is 10.2. The molecule has 0 amide bonds. The first-order valence-corrected chi connectivity index (χ1v) is 6.65. The smallest absolute Gasteiger partial charge is 0.153 e. The van der Waals surface area contributed by atoms with E-state index in [9.17, 15) is 5.26 Å². The lowest BCUT2D eigenvalue weighted by Gasteiger charge is -2.13. The zero-order chi connectivity index (χ0) is 14.8. The molecular weight excluding hydrogens is 260 g/mol. The Morgan fingerprint density at radius 1 is 0.952 bits per heavy atom. The van der Waals surface area contributed by atoms with E-state index in [-0.39, 0.29) is 0 Å². The minimum absolute atomic E-state index is 0.600. The maximum atomic E-state index is 9.19. The van der Waals surface area contributed by atoms with Gasteiger partial charge in [0, 0.05) is 10.8 Å². The third-order valence-corrected chi connectivity index (χ3v) is 3.46. The number of nitrogen functional groups attached to an aromatic ring is 1. The Bertz CT molecular complexity index is 842. The lowest BCUT2D eigenvalue weighted by Crippen LogP contribution is -1.95. The quantitative estimate of drug-likeness (QED) is 0.705. The van der Waals surface area contributed by atoms with E-state index in [0.29, 0.717) is 22.7 Å². The van der Waals surface area contributed by atoms with E-state index < -0.39 is 0 Å². The van der Waals surface area contributed by atoms with E-state index >= 15 is 0 Å². The van der Waals surface area contributed by atoms with Crippen molar-refractivity contribution in [2.24, 2.45) is 0 Å². The molecule has 0 unspecified atom stereocenters. The Morgan fingerprint density at radius 3 is 2.43 bits per heavy atom. The van der Waals surface area contributed by atoms with E-state index in [1.807, 2.05) is 55.5 Å². The van der Waals surface area contributed by atoms with Gasteiger partial charge in [-0.2, -0.15) is 5.26 Å². The summed E-state index contributed by atoms with van der Waals surface area (Å²) in [6.07, 6.45) is 0. The van der Waals surface area contributed by atoms with E-state index in [1.54, 1.807) is 6.07 Å². The number of para-hydroxylation sites is 1. The third kappa shape index (κ3) is 2.28. The fraction of sp³-hybridized carbons (Fsp3) is 0.0556. The van der Waals surface area contributed by atoms with Crippen molar-refractivity contribution < 1.29 is 4.74 Å². The number of benzene rings is 3. The molecule has 2 N–H and O–H groups in total. The van der Waals surface area contributed by atoms with Gasteiger partial charge in [0.05, 0.1) is 17.3 Å². The van der Waals surface area contributed by atoms with Crippen molar-refractivity contribution in [3.8, 4) is 17.6 Å². The molecule has 0 atom stereocenters. The summed E-state index contributed by atoms with van der Waals surface area (Å²) in [4.78, 5) is 0. The topological polar surface area (TPSA) is 59.0 Å². The van der Waals surface area contributed by atoms with Crippen LogP contribution in [0.4, 0.5) is 5.69 Å². The van der Waals surface area contributed by atoms with Gasteiger partial charge >= 0.3 is 0 Å². The Kier molecular flexibility index (Phi) is 3.21. The zero-order valence-corrected chi connectivity index (χ0v) is 11.6. The second kappa shape index (κ2) is 5.18. The standard InChI is InChI=1S/C18H14N2O/c1-12-5-4-8-16(20)18(12)21-17-10-9-13(11-19)14-6-2-3-7-15(14)17/h2-10H,20H2,1H3. The van der Waals surface area contributed by atoms with Crippen molar-refractivity contribution in [2.45, 2.75) is 6.92 Å². The van der Waals surface area contributed by atoms with E-state index in [2.05, 4.69) is 6.07 Å². The van der Waals surface area contributed by atoms with Crippen LogP contribution in [-0.2, 0) is 0 Å². The molecule has 0 aromatic heterocycles. The van der Waals surface area contributed by atoms with Gasteiger partial charge in [-0.25, -0.2) is 0 Å². The summed E-state index contributed by atoms with van der Waals surface area (Å²) >= 11 is 0. The average Bonchev–Trinajstić information content (AvgIpc) is 2.51. The highest BCUT2D eigenvalue weighted by atomic mass is 16.5. The highest BCUT2D eigenvalue weighted by Crippen LogP contribution is 2.35. The summed E-state index contributed by atoms with van der Waals surface area (Å²) in [5, 5.41) is 11.0. The molecule has 0 aliphatic carbocycles. The highest BCUT2D eigenvalue weighted by molar-refractivity contribution is 5.93.